The van der Waals surface area contributed by atoms with Gasteiger partial charge in [0.1, 0.15) is 17.2 Å². The van der Waals surface area contributed by atoms with Crippen molar-refractivity contribution in [1.82, 2.24) is 5.43 Å². The number of benzene rings is 2. The normalized spacial score (nSPS) is 10.6. The van der Waals surface area contributed by atoms with Gasteiger partial charge in [0.2, 0.25) is 0 Å². The lowest BCUT2D eigenvalue weighted by atomic mass is 10.1. The van der Waals surface area contributed by atoms with Crippen LogP contribution in [0.2, 0.25) is 0 Å². The Kier molecular flexibility index (Phi) is 5.78. The summed E-state index contributed by atoms with van der Waals surface area (Å²) < 4.78 is 10.4. The molecule has 0 saturated heterocycles. The van der Waals surface area contributed by atoms with Crippen molar-refractivity contribution >= 4 is 12.1 Å². The first-order valence-electron chi connectivity index (χ1n) is 7.38. The number of phenols is 1. The second-order valence-electron chi connectivity index (χ2n) is 5.26. The second kappa shape index (κ2) is 8.01. The van der Waals surface area contributed by atoms with Gasteiger partial charge in [-0.05, 0) is 66.9 Å². The maximum atomic E-state index is 11.7. The lowest BCUT2D eigenvalue weighted by Gasteiger charge is -2.06. The molecule has 0 saturated carbocycles. The quantitative estimate of drug-likeness (QED) is 0.631. The summed E-state index contributed by atoms with van der Waals surface area (Å²) in [5.41, 5.74) is 4.70. The highest BCUT2D eigenvalue weighted by atomic mass is 16.5. The van der Waals surface area contributed by atoms with E-state index in [1.807, 2.05) is 0 Å². The lowest BCUT2D eigenvalue weighted by Crippen LogP contribution is -2.24. The van der Waals surface area contributed by atoms with Crippen LogP contribution in [0.4, 0.5) is 0 Å². The molecule has 0 heterocycles. The van der Waals surface area contributed by atoms with Crippen LogP contribution in [-0.4, -0.2) is 30.9 Å². The highest BCUT2D eigenvalue weighted by molar-refractivity contribution is 5.83. The zero-order valence-electron chi connectivity index (χ0n) is 13.9. The molecule has 126 valence electrons. The Labute approximate surface area is 140 Å². The van der Waals surface area contributed by atoms with E-state index in [9.17, 15) is 9.90 Å². The second-order valence-corrected chi connectivity index (χ2v) is 5.26. The minimum atomic E-state index is -0.366. The van der Waals surface area contributed by atoms with Crippen molar-refractivity contribution in [3.63, 3.8) is 0 Å². The van der Waals surface area contributed by atoms with Crippen LogP contribution in [0, 0.1) is 13.8 Å². The Morgan fingerprint density at radius 3 is 2.33 bits per heavy atom. The standard InChI is InChI=1S/C18H20N2O4/c1-12-8-14(9-13(2)18(12)22)10-19-20-17(21)11-24-16-6-4-15(23-3)5-7-16/h4-10,22H,11H2,1-3H3,(H,20,21)/b19-10+. The highest BCUT2D eigenvalue weighted by Gasteiger charge is 2.03. The fourth-order valence-corrected chi connectivity index (χ4v) is 2.10. The molecule has 0 unspecified atom stereocenters. The predicted molar refractivity (Wildman–Crippen MR) is 91.8 cm³/mol. The molecule has 0 aliphatic heterocycles. The molecule has 0 fully saturated rings. The molecule has 2 rings (SSSR count). The number of carbonyl (C=O) groups excluding carboxylic acids is 1. The van der Waals surface area contributed by atoms with Gasteiger partial charge < -0.3 is 14.6 Å². The van der Waals surface area contributed by atoms with Crippen LogP contribution in [-0.2, 0) is 4.79 Å². The molecular formula is C18H20N2O4. The van der Waals surface area contributed by atoms with Gasteiger partial charge in [-0.15, -0.1) is 0 Å². The summed E-state index contributed by atoms with van der Waals surface area (Å²) in [7, 11) is 1.58. The molecule has 2 N–H and O–H groups in total. The fraction of sp³-hybridized carbons (Fsp3) is 0.222. The zero-order chi connectivity index (χ0) is 17.5. The molecule has 0 atom stereocenters. The van der Waals surface area contributed by atoms with Crippen molar-refractivity contribution in [2.24, 2.45) is 5.10 Å². The largest absolute Gasteiger partial charge is 0.507 e. The number of hydrogen-bond donors (Lipinski definition) is 2. The topological polar surface area (TPSA) is 80.2 Å². The molecule has 0 radical (unpaired) electrons. The first-order valence-corrected chi connectivity index (χ1v) is 7.38. The molecule has 2 aromatic rings. The third-order valence-corrected chi connectivity index (χ3v) is 3.35. The molecule has 0 bridgehead atoms. The van der Waals surface area contributed by atoms with E-state index in [0.29, 0.717) is 5.75 Å². The van der Waals surface area contributed by atoms with E-state index in [1.165, 1.54) is 6.21 Å². The number of nitrogens with one attached hydrogen (secondary N) is 1. The van der Waals surface area contributed by atoms with Gasteiger partial charge in [-0.3, -0.25) is 4.79 Å². The average molecular weight is 328 g/mol. The maximum absolute atomic E-state index is 11.7. The van der Waals surface area contributed by atoms with Gasteiger partial charge in [0, 0.05) is 0 Å². The maximum Gasteiger partial charge on any atom is 0.277 e. The number of hydrogen-bond acceptors (Lipinski definition) is 5. The Bertz CT molecular complexity index is 716. The van der Waals surface area contributed by atoms with E-state index in [-0.39, 0.29) is 18.3 Å². The monoisotopic (exact) mass is 328 g/mol. The SMILES string of the molecule is COc1ccc(OCC(=O)N/N=C/c2cc(C)c(O)c(C)c2)cc1. The number of aromatic hydroxyl groups is 1. The molecular weight excluding hydrogens is 308 g/mol. The Morgan fingerprint density at radius 1 is 1.17 bits per heavy atom. The molecule has 0 aliphatic rings. The molecule has 0 aliphatic carbocycles. The van der Waals surface area contributed by atoms with E-state index in [2.05, 4.69) is 10.5 Å². The molecule has 6 nitrogen and oxygen atoms in total. The molecule has 24 heavy (non-hydrogen) atoms. The Morgan fingerprint density at radius 2 is 1.75 bits per heavy atom. The third kappa shape index (κ3) is 4.74. The van der Waals surface area contributed by atoms with Gasteiger partial charge >= 0.3 is 0 Å². The van der Waals surface area contributed by atoms with Crippen LogP contribution in [0.1, 0.15) is 16.7 Å². The van der Waals surface area contributed by atoms with Crippen LogP contribution in [0.25, 0.3) is 0 Å². The van der Waals surface area contributed by atoms with Crippen molar-refractivity contribution in [1.29, 1.82) is 0 Å². The van der Waals surface area contributed by atoms with Crippen LogP contribution < -0.4 is 14.9 Å². The number of aryl methyl sites for hydroxylation is 2. The van der Waals surface area contributed by atoms with Gasteiger partial charge in [0.15, 0.2) is 6.61 Å². The zero-order valence-corrected chi connectivity index (χ0v) is 13.9. The average Bonchev–Trinajstić information content (AvgIpc) is 2.58. The number of carbonyl (C=O) groups is 1. The van der Waals surface area contributed by atoms with Crippen molar-refractivity contribution < 1.29 is 19.4 Å². The predicted octanol–water partition coefficient (Wildman–Crippen LogP) is 2.55. The van der Waals surface area contributed by atoms with Gasteiger partial charge in [-0.25, -0.2) is 5.43 Å². The van der Waals surface area contributed by atoms with Crippen molar-refractivity contribution in [3.8, 4) is 17.2 Å². The third-order valence-electron chi connectivity index (χ3n) is 3.35. The molecule has 6 heteroatoms. The van der Waals surface area contributed by atoms with E-state index >= 15 is 0 Å². The highest BCUT2D eigenvalue weighted by Crippen LogP contribution is 2.22. The lowest BCUT2D eigenvalue weighted by molar-refractivity contribution is -0.123. The van der Waals surface area contributed by atoms with E-state index < -0.39 is 0 Å². The summed E-state index contributed by atoms with van der Waals surface area (Å²) in [4.78, 5) is 11.7. The Hall–Kier alpha value is -3.02. The van der Waals surface area contributed by atoms with Gasteiger partial charge in [0.05, 0.1) is 13.3 Å². The number of amides is 1. The van der Waals surface area contributed by atoms with Crippen molar-refractivity contribution in [3.05, 3.63) is 53.1 Å². The number of phenolic OH excluding ortho intramolecular Hbond substituents is 1. The van der Waals surface area contributed by atoms with Crippen molar-refractivity contribution in [2.45, 2.75) is 13.8 Å². The summed E-state index contributed by atoms with van der Waals surface area (Å²) in [5.74, 6) is 1.19. The van der Waals surface area contributed by atoms with E-state index in [4.69, 9.17) is 9.47 Å². The summed E-state index contributed by atoms with van der Waals surface area (Å²) >= 11 is 0. The molecule has 0 spiro atoms. The minimum Gasteiger partial charge on any atom is -0.507 e. The van der Waals surface area contributed by atoms with Crippen molar-refractivity contribution in [2.75, 3.05) is 13.7 Å². The number of ether oxygens (including phenoxy) is 2. The van der Waals surface area contributed by atoms with Crippen LogP contribution >= 0.6 is 0 Å². The van der Waals surface area contributed by atoms with Gasteiger partial charge in [-0.1, -0.05) is 0 Å². The van der Waals surface area contributed by atoms with Gasteiger partial charge in [0.25, 0.3) is 5.91 Å². The minimum absolute atomic E-state index is 0.142. The number of hydrazone groups is 1. The smallest absolute Gasteiger partial charge is 0.277 e. The molecule has 0 aromatic heterocycles. The first-order chi connectivity index (χ1) is 11.5. The molecule has 1 amide bonds. The summed E-state index contributed by atoms with van der Waals surface area (Å²) in [6.45, 7) is 3.47. The summed E-state index contributed by atoms with van der Waals surface area (Å²) in [6, 6.07) is 10.5. The van der Waals surface area contributed by atoms with Crippen LogP contribution in [0.3, 0.4) is 0 Å². The number of methoxy groups -OCH3 is 1. The van der Waals surface area contributed by atoms with Gasteiger partial charge in [-0.2, -0.15) is 5.10 Å². The molecule has 2 aromatic carbocycles. The van der Waals surface area contributed by atoms with Crippen LogP contribution in [0.5, 0.6) is 17.2 Å². The Balaban J connectivity index is 1.84. The fourth-order valence-electron chi connectivity index (χ4n) is 2.10. The summed E-state index contributed by atoms with van der Waals surface area (Å²) in [5, 5.41) is 13.6. The summed E-state index contributed by atoms with van der Waals surface area (Å²) in [6.07, 6.45) is 1.52. The van der Waals surface area contributed by atoms with Crippen LogP contribution in [0.15, 0.2) is 41.5 Å². The number of nitrogens with zero attached hydrogens (tertiary/aromatic N) is 1. The number of rotatable bonds is 6. The van der Waals surface area contributed by atoms with E-state index in [1.54, 1.807) is 57.4 Å². The first kappa shape index (κ1) is 17.3. The van der Waals surface area contributed by atoms with E-state index in [0.717, 1.165) is 22.4 Å².